The first-order valence-corrected chi connectivity index (χ1v) is 12.7. The first-order chi connectivity index (χ1) is 17.7. The topological polar surface area (TPSA) is 108 Å². The van der Waals surface area contributed by atoms with Gasteiger partial charge in [0.1, 0.15) is 6.54 Å². The van der Waals surface area contributed by atoms with E-state index in [1.54, 1.807) is 23.1 Å². The Hall–Kier alpha value is -3.88. The van der Waals surface area contributed by atoms with E-state index in [0.29, 0.717) is 36.6 Å². The summed E-state index contributed by atoms with van der Waals surface area (Å²) >= 11 is 0. The fourth-order valence-electron chi connectivity index (χ4n) is 5.45. The lowest BCUT2D eigenvalue weighted by atomic mass is 9.94. The maximum Gasteiger partial charge on any atom is 0.418 e. The molecule has 2 aliphatic carbocycles. The van der Waals surface area contributed by atoms with Gasteiger partial charge in [-0.15, -0.1) is 0 Å². The van der Waals surface area contributed by atoms with E-state index < -0.39 is 17.6 Å². The Kier molecular flexibility index (Phi) is 6.39. The molecule has 2 atom stereocenters. The predicted octanol–water partition coefficient (Wildman–Crippen LogP) is 3.69. The predicted molar refractivity (Wildman–Crippen MR) is 137 cm³/mol. The van der Waals surface area contributed by atoms with Gasteiger partial charge in [0.05, 0.1) is 0 Å². The van der Waals surface area contributed by atoms with Gasteiger partial charge in [-0.1, -0.05) is 35.9 Å². The molecule has 1 saturated carbocycles. The number of anilines is 1. The number of nitrogens with one attached hydrogen (secondary N) is 2. The standard InChI is InChI=1S/C28H32N4O5/c1-17-5-4-6-19(13-17)15-31(18(2)20-7-8-20)24(33)16-32-25(34)28(37-27(32)36)12-11-21-14-22(9-10-23(21)28)30-26(35)29-3/h4-6,9-10,13-14,18,20H,7-8,11-12,15-16H2,1-3H3,(H2,29,30,35)/t18?,28-/m1/s1. The molecule has 2 N–H and O–H groups in total. The molecular weight excluding hydrogens is 472 g/mol. The molecule has 2 aromatic rings. The maximum atomic E-state index is 13.6. The lowest BCUT2D eigenvalue weighted by Gasteiger charge is -2.31. The normalized spacial score (nSPS) is 21.0. The summed E-state index contributed by atoms with van der Waals surface area (Å²) < 4.78 is 5.71. The minimum absolute atomic E-state index is 0.00847. The average Bonchev–Trinajstić information content (AvgIpc) is 3.63. The number of rotatable bonds is 7. The summed E-state index contributed by atoms with van der Waals surface area (Å²) in [4.78, 5) is 54.5. The van der Waals surface area contributed by atoms with Crippen LogP contribution in [0.4, 0.5) is 15.3 Å². The summed E-state index contributed by atoms with van der Waals surface area (Å²) in [6, 6.07) is 12.8. The van der Waals surface area contributed by atoms with E-state index in [1.165, 1.54) is 7.05 Å². The lowest BCUT2D eigenvalue weighted by molar-refractivity contribution is -0.143. The number of aryl methyl sites for hydroxylation is 2. The summed E-state index contributed by atoms with van der Waals surface area (Å²) in [7, 11) is 1.53. The molecule has 0 bridgehead atoms. The monoisotopic (exact) mass is 504 g/mol. The van der Waals surface area contributed by atoms with Crippen molar-refractivity contribution in [3.05, 3.63) is 64.7 Å². The van der Waals surface area contributed by atoms with E-state index in [4.69, 9.17) is 4.74 Å². The molecule has 2 fully saturated rings. The Labute approximate surface area is 216 Å². The van der Waals surface area contributed by atoms with Crippen LogP contribution < -0.4 is 10.6 Å². The highest BCUT2D eigenvalue weighted by Crippen LogP contribution is 2.46. The quantitative estimate of drug-likeness (QED) is 0.598. The van der Waals surface area contributed by atoms with Gasteiger partial charge in [-0.05, 0) is 62.3 Å². The molecule has 1 spiro atoms. The van der Waals surface area contributed by atoms with Crippen molar-refractivity contribution in [2.75, 3.05) is 18.9 Å². The van der Waals surface area contributed by atoms with Gasteiger partial charge >= 0.3 is 12.1 Å². The van der Waals surface area contributed by atoms with Gasteiger partial charge in [-0.3, -0.25) is 9.59 Å². The second-order valence-electron chi connectivity index (χ2n) is 10.3. The van der Waals surface area contributed by atoms with Crippen LogP contribution in [0.2, 0.25) is 0 Å². The summed E-state index contributed by atoms with van der Waals surface area (Å²) in [6.07, 6.45) is 2.15. The third kappa shape index (κ3) is 4.65. The minimum Gasteiger partial charge on any atom is -0.427 e. The molecule has 1 unspecified atom stereocenters. The number of benzene rings is 2. The van der Waals surface area contributed by atoms with Gasteiger partial charge in [0.25, 0.3) is 5.91 Å². The zero-order valence-corrected chi connectivity index (χ0v) is 21.4. The first-order valence-electron chi connectivity index (χ1n) is 12.7. The molecule has 0 aromatic heterocycles. The van der Waals surface area contributed by atoms with Crippen LogP contribution in [0.5, 0.6) is 0 Å². The number of nitrogens with zero attached hydrogens (tertiary/aromatic N) is 2. The molecule has 1 saturated heterocycles. The highest BCUT2D eigenvalue weighted by molar-refractivity contribution is 6.06. The van der Waals surface area contributed by atoms with Crippen LogP contribution in [0.15, 0.2) is 42.5 Å². The highest BCUT2D eigenvalue weighted by atomic mass is 16.6. The van der Waals surface area contributed by atoms with Gasteiger partial charge < -0.3 is 20.3 Å². The Morgan fingerprint density at radius 3 is 2.68 bits per heavy atom. The Balaban J connectivity index is 1.35. The Morgan fingerprint density at radius 1 is 1.19 bits per heavy atom. The molecule has 37 heavy (non-hydrogen) atoms. The van der Waals surface area contributed by atoms with Crippen molar-refractivity contribution in [1.29, 1.82) is 0 Å². The summed E-state index contributed by atoms with van der Waals surface area (Å²) in [6.45, 7) is 4.11. The third-order valence-corrected chi connectivity index (χ3v) is 7.69. The number of ether oxygens (including phenoxy) is 1. The number of imide groups is 1. The van der Waals surface area contributed by atoms with E-state index in [1.807, 2.05) is 38.1 Å². The maximum absolute atomic E-state index is 13.6. The third-order valence-electron chi connectivity index (χ3n) is 7.69. The van der Waals surface area contributed by atoms with Crippen molar-refractivity contribution in [1.82, 2.24) is 15.1 Å². The van der Waals surface area contributed by atoms with Gasteiger partial charge in [-0.2, -0.15) is 0 Å². The smallest absolute Gasteiger partial charge is 0.418 e. The van der Waals surface area contributed by atoms with E-state index in [0.717, 1.165) is 34.4 Å². The summed E-state index contributed by atoms with van der Waals surface area (Å²) in [5.74, 6) is -0.349. The van der Waals surface area contributed by atoms with Gasteiger partial charge in [0, 0.05) is 37.3 Å². The molecule has 3 aliphatic rings. The molecule has 9 heteroatoms. The molecule has 2 aromatic carbocycles. The molecule has 1 heterocycles. The number of carbonyl (C=O) groups excluding carboxylic acids is 4. The Morgan fingerprint density at radius 2 is 1.97 bits per heavy atom. The number of fused-ring (bicyclic) bond motifs is 2. The van der Waals surface area contributed by atoms with Crippen molar-refractivity contribution in [3.8, 4) is 0 Å². The molecule has 5 amide bonds. The van der Waals surface area contributed by atoms with Crippen LogP contribution in [-0.4, -0.2) is 53.4 Å². The summed E-state index contributed by atoms with van der Waals surface area (Å²) in [5.41, 5.74) is 2.70. The molecule has 0 radical (unpaired) electrons. The zero-order chi connectivity index (χ0) is 26.3. The number of hydrogen-bond acceptors (Lipinski definition) is 5. The highest BCUT2D eigenvalue weighted by Gasteiger charge is 2.58. The van der Waals surface area contributed by atoms with Crippen molar-refractivity contribution >= 4 is 29.6 Å². The van der Waals surface area contributed by atoms with E-state index in [9.17, 15) is 19.2 Å². The fourth-order valence-corrected chi connectivity index (χ4v) is 5.45. The number of carbonyl (C=O) groups is 4. The van der Waals surface area contributed by atoms with Crippen molar-refractivity contribution in [2.24, 2.45) is 5.92 Å². The van der Waals surface area contributed by atoms with Crippen LogP contribution in [0.25, 0.3) is 0 Å². The van der Waals surface area contributed by atoms with Crippen molar-refractivity contribution < 1.29 is 23.9 Å². The fraction of sp³-hybridized carbons (Fsp3) is 0.429. The van der Waals surface area contributed by atoms with Crippen LogP contribution in [0.1, 0.15) is 48.4 Å². The van der Waals surface area contributed by atoms with Crippen LogP contribution in [0.3, 0.4) is 0 Å². The van der Waals surface area contributed by atoms with Crippen LogP contribution in [-0.2, 0) is 32.9 Å². The van der Waals surface area contributed by atoms with Gasteiger partial charge in [-0.25, -0.2) is 14.5 Å². The molecule has 1 aliphatic heterocycles. The zero-order valence-electron chi connectivity index (χ0n) is 21.4. The number of urea groups is 1. The lowest BCUT2D eigenvalue weighted by Crippen LogP contribution is -2.47. The SMILES string of the molecule is CNC(=O)Nc1ccc2c(c1)CC[C@@]21OC(=O)N(CC(=O)N(Cc2cccc(C)c2)C(C)C2CC2)C1=O. The second kappa shape index (κ2) is 9.53. The molecule has 9 nitrogen and oxygen atoms in total. The van der Waals surface area contributed by atoms with Crippen LogP contribution >= 0.6 is 0 Å². The van der Waals surface area contributed by atoms with Gasteiger partial charge in [0.15, 0.2) is 0 Å². The van der Waals surface area contributed by atoms with Crippen molar-refractivity contribution in [2.45, 2.75) is 57.7 Å². The van der Waals surface area contributed by atoms with E-state index >= 15 is 0 Å². The number of hydrogen-bond donors (Lipinski definition) is 2. The molecule has 194 valence electrons. The van der Waals surface area contributed by atoms with E-state index in [-0.39, 0.29) is 24.5 Å². The second-order valence-corrected chi connectivity index (χ2v) is 10.3. The van der Waals surface area contributed by atoms with Gasteiger partial charge in [0.2, 0.25) is 11.5 Å². The average molecular weight is 505 g/mol. The van der Waals surface area contributed by atoms with Crippen molar-refractivity contribution in [3.63, 3.8) is 0 Å². The summed E-state index contributed by atoms with van der Waals surface area (Å²) in [5, 5.41) is 5.21. The number of amides is 5. The largest absolute Gasteiger partial charge is 0.427 e. The van der Waals surface area contributed by atoms with Crippen LogP contribution in [0, 0.1) is 12.8 Å². The molecule has 5 rings (SSSR count). The minimum atomic E-state index is -1.43. The Bertz CT molecular complexity index is 1270. The first kappa shape index (κ1) is 24.8. The van der Waals surface area contributed by atoms with E-state index in [2.05, 4.69) is 10.6 Å². The molecular formula is C28H32N4O5.